The molecule has 0 saturated heterocycles. The van der Waals surface area contributed by atoms with Crippen LogP contribution in [0.1, 0.15) is 38.2 Å². The van der Waals surface area contributed by atoms with Crippen LogP contribution in [0.25, 0.3) is 0 Å². The van der Waals surface area contributed by atoms with Gasteiger partial charge in [0.05, 0.1) is 6.61 Å². The molecule has 1 fully saturated rings. The smallest absolute Gasteiger partial charge is 0.218 e. The molecule has 1 atom stereocenters. The Kier molecular flexibility index (Phi) is 10.0. The van der Waals surface area contributed by atoms with E-state index in [9.17, 15) is 0 Å². The van der Waals surface area contributed by atoms with Gasteiger partial charge in [0.2, 0.25) is 5.88 Å². The van der Waals surface area contributed by atoms with Crippen molar-refractivity contribution in [1.82, 2.24) is 15.6 Å². The van der Waals surface area contributed by atoms with Crippen molar-refractivity contribution in [1.29, 1.82) is 0 Å². The highest BCUT2D eigenvalue weighted by Crippen LogP contribution is 2.24. The summed E-state index contributed by atoms with van der Waals surface area (Å²) < 4.78 is 11.2. The Labute approximate surface area is 161 Å². The monoisotopic (exact) mass is 448 g/mol. The van der Waals surface area contributed by atoms with E-state index in [0.29, 0.717) is 19.3 Å². The number of guanidine groups is 1. The van der Waals surface area contributed by atoms with Crippen molar-refractivity contribution >= 4 is 29.9 Å². The Hall–Kier alpha value is -1.09. The fourth-order valence-corrected chi connectivity index (χ4v) is 2.73. The summed E-state index contributed by atoms with van der Waals surface area (Å²) in [7, 11) is 3.45. The molecule has 0 bridgehead atoms. The quantitative estimate of drug-likeness (QED) is 0.382. The lowest BCUT2D eigenvalue weighted by Crippen LogP contribution is -2.43. The second-order valence-corrected chi connectivity index (χ2v) is 5.92. The van der Waals surface area contributed by atoms with Crippen molar-refractivity contribution in [2.45, 2.75) is 51.3 Å². The highest BCUT2D eigenvalue weighted by atomic mass is 127. The predicted molar refractivity (Wildman–Crippen MR) is 107 cm³/mol. The minimum absolute atomic E-state index is 0. The molecule has 24 heavy (non-hydrogen) atoms. The number of aliphatic imine (C=N–C) groups is 1. The third kappa shape index (κ3) is 6.80. The molecule has 1 unspecified atom stereocenters. The van der Waals surface area contributed by atoms with E-state index in [-0.39, 0.29) is 30.0 Å². The van der Waals surface area contributed by atoms with Gasteiger partial charge in [-0.05, 0) is 38.7 Å². The van der Waals surface area contributed by atoms with Gasteiger partial charge in [-0.2, -0.15) is 0 Å². The van der Waals surface area contributed by atoms with Crippen molar-refractivity contribution in [2.75, 3.05) is 20.8 Å². The third-order valence-electron chi connectivity index (χ3n) is 3.90. The minimum Gasteiger partial charge on any atom is -0.474 e. The van der Waals surface area contributed by atoms with Crippen molar-refractivity contribution in [3.8, 4) is 5.88 Å². The molecule has 136 valence electrons. The van der Waals surface area contributed by atoms with E-state index in [1.807, 2.05) is 12.1 Å². The fraction of sp³-hybridized carbons (Fsp3) is 0.647. The predicted octanol–water partition coefficient (Wildman–Crippen LogP) is 2.72. The molecule has 1 heterocycles. The zero-order chi connectivity index (χ0) is 16.5. The van der Waals surface area contributed by atoms with Crippen LogP contribution in [0, 0.1) is 0 Å². The molecule has 2 rings (SSSR count). The summed E-state index contributed by atoms with van der Waals surface area (Å²) in [6.45, 7) is 3.30. The number of nitrogens with zero attached hydrogens (tertiary/aromatic N) is 2. The maximum atomic E-state index is 6.06. The first-order chi connectivity index (χ1) is 11.2. The Morgan fingerprint density at radius 1 is 1.42 bits per heavy atom. The number of halogens is 1. The van der Waals surface area contributed by atoms with Crippen LogP contribution in [0.5, 0.6) is 5.88 Å². The molecule has 1 aromatic heterocycles. The van der Waals surface area contributed by atoms with Gasteiger partial charge in [-0.25, -0.2) is 4.98 Å². The van der Waals surface area contributed by atoms with E-state index in [0.717, 1.165) is 30.2 Å². The lowest BCUT2D eigenvalue weighted by Gasteiger charge is -2.19. The van der Waals surface area contributed by atoms with Gasteiger partial charge in [0.15, 0.2) is 5.96 Å². The number of hydrogen-bond donors (Lipinski definition) is 2. The zero-order valence-electron chi connectivity index (χ0n) is 14.7. The standard InChI is InChI=1S/C17H28N4O2.HI/c1-13(12-22-3)21-17(18-2)20-11-14-7-6-10-19-16(14)23-15-8-4-5-9-15;/h6-7,10,13,15H,4-5,8-9,11-12H2,1-3H3,(H2,18,20,21);1H. The first kappa shape index (κ1) is 21.0. The largest absolute Gasteiger partial charge is 0.474 e. The normalized spacial score (nSPS) is 16.4. The summed E-state index contributed by atoms with van der Waals surface area (Å²) in [5.74, 6) is 1.47. The van der Waals surface area contributed by atoms with Gasteiger partial charge in [0, 0.05) is 38.5 Å². The molecule has 0 amide bonds. The first-order valence-electron chi connectivity index (χ1n) is 8.29. The second kappa shape index (κ2) is 11.5. The van der Waals surface area contributed by atoms with Crippen LogP contribution >= 0.6 is 24.0 Å². The summed E-state index contributed by atoms with van der Waals surface area (Å²) in [5, 5.41) is 6.59. The molecular formula is C17H29IN4O2. The van der Waals surface area contributed by atoms with Gasteiger partial charge in [0.1, 0.15) is 6.10 Å². The maximum absolute atomic E-state index is 6.06. The number of hydrogen-bond acceptors (Lipinski definition) is 4. The highest BCUT2D eigenvalue weighted by molar-refractivity contribution is 14.0. The van der Waals surface area contributed by atoms with Crippen LogP contribution < -0.4 is 15.4 Å². The van der Waals surface area contributed by atoms with Gasteiger partial charge in [-0.15, -0.1) is 24.0 Å². The van der Waals surface area contributed by atoms with Gasteiger partial charge >= 0.3 is 0 Å². The van der Waals surface area contributed by atoms with Crippen molar-refractivity contribution < 1.29 is 9.47 Å². The molecule has 2 N–H and O–H groups in total. The van der Waals surface area contributed by atoms with E-state index >= 15 is 0 Å². The molecule has 0 radical (unpaired) electrons. The van der Waals surface area contributed by atoms with Crippen LogP contribution in [-0.4, -0.2) is 43.9 Å². The third-order valence-corrected chi connectivity index (χ3v) is 3.90. The minimum atomic E-state index is 0. The first-order valence-corrected chi connectivity index (χ1v) is 8.29. The molecule has 6 nitrogen and oxygen atoms in total. The Bertz CT molecular complexity index is 507. The van der Waals surface area contributed by atoms with E-state index in [1.165, 1.54) is 12.8 Å². The summed E-state index contributed by atoms with van der Waals surface area (Å²) in [6, 6.07) is 4.16. The number of aromatic nitrogens is 1. The number of rotatable bonds is 7. The molecule has 1 aromatic rings. The van der Waals surface area contributed by atoms with Gasteiger partial charge in [-0.1, -0.05) is 6.07 Å². The number of pyridine rings is 1. The summed E-state index contributed by atoms with van der Waals surface area (Å²) >= 11 is 0. The van der Waals surface area contributed by atoms with E-state index < -0.39 is 0 Å². The Balaban J connectivity index is 0.00000288. The number of nitrogens with one attached hydrogen (secondary N) is 2. The molecule has 1 aliphatic carbocycles. The molecule has 1 saturated carbocycles. The topological polar surface area (TPSA) is 67.8 Å². The maximum Gasteiger partial charge on any atom is 0.218 e. The number of methoxy groups -OCH3 is 1. The van der Waals surface area contributed by atoms with Gasteiger partial charge < -0.3 is 20.1 Å². The fourth-order valence-electron chi connectivity index (χ4n) is 2.73. The van der Waals surface area contributed by atoms with Crippen LogP contribution in [0.15, 0.2) is 23.3 Å². The summed E-state index contributed by atoms with van der Waals surface area (Å²) in [4.78, 5) is 8.63. The zero-order valence-corrected chi connectivity index (χ0v) is 17.1. The van der Waals surface area contributed by atoms with Crippen LogP contribution in [0.3, 0.4) is 0 Å². The second-order valence-electron chi connectivity index (χ2n) is 5.92. The molecule has 0 aromatic carbocycles. The van der Waals surface area contributed by atoms with Crippen molar-refractivity contribution in [2.24, 2.45) is 4.99 Å². The molecule has 0 spiro atoms. The van der Waals surface area contributed by atoms with Gasteiger partial charge in [-0.3, -0.25) is 4.99 Å². The molecular weight excluding hydrogens is 419 g/mol. The lowest BCUT2D eigenvalue weighted by atomic mass is 10.2. The average Bonchev–Trinajstić information content (AvgIpc) is 3.06. The molecule has 7 heteroatoms. The SMILES string of the molecule is CN=C(NCc1cccnc1OC1CCCC1)NC(C)COC.I. The van der Waals surface area contributed by atoms with Crippen molar-refractivity contribution in [3.63, 3.8) is 0 Å². The highest BCUT2D eigenvalue weighted by Gasteiger charge is 2.18. The lowest BCUT2D eigenvalue weighted by molar-refractivity contribution is 0.179. The van der Waals surface area contributed by atoms with E-state index in [2.05, 4.69) is 27.5 Å². The van der Waals surface area contributed by atoms with Crippen LogP contribution in [-0.2, 0) is 11.3 Å². The molecule has 0 aliphatic heterocycles. The molecule has 1 aliphatic rings. The summed E-state index contributed by atoms with van der Waals surface area (Å²) in [5.41, 5.74) is 1.04. The van der Waals surface area contributed by atoms with Crippen LogP contribution in [0.2, 0.25) is 0 Å². The average molecular weight is 448 g/mol. The van der Waals surface area contributed by atoms with Crippen molar-refractivity contribution in [3.05, 3.63) is 23.9 Å². The van der Waals surface area contributed by atoms with E-state index in [1.54, 1.807) is 20.4 Å². The van der Waals surface area contributed by atoms with Crippen LogP contribution in [0.4, 0.5) is 0 Å². The summed E-state index contributed by atoms with van der Waals surface area (Å²) in [6.07, 6.45) is 6.84. The Morgan fingerprint density at radius 3 is 2.83 bits per heavy atom. The number of ether oxygens (including phenoxy) is 2. The van der Waals surface area contributed by atoms with E-state index in [4.69, 9.17) is 9.47 Å². The van der Waals surface area contributed by atoms with Gasteiger partial charge in [0.25, 0.3) is 0 Å². The Morgan fingerprint density at radius 2 is 2.17 bits per heavy atom.